The van der Waals surface area contributed by atoms with E-state index in [1.165, 1.54) is 26.4 Å². The molecule has 0 heterocycles. The summed E-state index contributed by atoms with van der Waals surface area (Å²) in [5.74, 6) is -0.960. The highest BCUT2D eigenvalue weighted by Crippen LogP contribution is 2.30. The Morgan fingerprint density at radius 1 is 1.00 bits per heavy atom. The summed E-state index contributed by atoms with van der Waals surface area (Å²) in [7, 11) is 2.71. The van der Waals surface area contributed by atoms with Crippen LogP contribution in [-0.2, 0) is 9.53 Å². The Morgan fingerprint density at radius 2 is 1.73 bits per heavy atom. The molecule has 0 atom stereocenters. The highest BCUT2D eigenvalue weighted by molar-refractivity contribution is 6.05. The molecule has 0 radical (unpaired) electrons. The minimum atomic E-state index is -0.638. The predicted octanol–water partition coefficient (Wildman–Crippen LogP) is 1.60. The maximum atomic E-state index is 12.4. The lowest BCUT2D eigenvalue weighted by atomic mass is 10.1. The van der Waals surface area contributed by atoms with Crippen LogP contribution >= 0.6 is 0 Å². The predicted molar refractivity (Wildman–Crippen MR) is 93.4 cm³/mol. The number of primary amides is 1. The van der Waals surface area contributed by atoms with Crippen molar-refractivity contribution in [2.75, 3.05) is 26.1 Å². The largest absolute Gasteiger partial charge is 0.493 e. The molecule has 8 heteroatoms. The number of methoxy groups -OCH3 is 2. The zero-order valence-corrected chi connectivity index (χ0v) is 14.3. The lowest BCUT2D eigenvalue weighted by Gasteiger charge is -2.12. The van der Waals surface area contributed by atoms with Crippen LogP contribution in [-0.4, -0.2) is 38.6 Å². The molecule has 0 fully saturated rings. The summed E-state index contributed by atoms with van der Waals surface area (Å²) in [5, 5.41) is 2.68. The van der Waals surface area contributed by atoms with Crippen LogP contribution in [0.25, 0.3) is 0 Å². The molecule has 0 aromatic heterocycles. The second-order valence-electron chi connectivity index (χ2n) is 5.15. The van der Waals surface area contributed by atoms with Gasteiger partial charge in [-0.05, 0) is 30.3 Å². The quantitative estimate of drug-likeness (QED) is 0.726. The minimum absolute atomic E-state index is 0.257. The Bertz CT molecular complexity index is 834. The van der Waals surface area contributed by atoms with Gasteiger partial charge >= 0.3 is 5.97 Å². The number of nitrogens with one attached hydrogen (secondary N) is 1. The Hall–Kier alpha value is -3.55. The molecular formula is C18H18N2O6. The lowest BCUT2D eigenvalue weighted by Crippen LogP contribution is -2.20. The average Bonchev–Trinajstić information content (AvgIpc) is 2.65. The third kappa shape index (κ3) is 4.73. The Labute approximate surface area is 149 Å². The molecule has 0 aliphatic heterocycles. The van der Waals surface area contributed by atoms with Crippen molar-refractivity contribution in [3.05, 3.63) is 53.6 Å². The van der Waals surface area contributed by atoms with Gasteiger partial charge in [0, 0.05) is 17.3 Å². The van der Waals surface area contributed by atoms with Crippen LogP contribution in [0.1, 0.15) is 20.7 Å². The number of nitrogens with two attached hydrogens (primary N) is 1. The molecule has 0 bridgehead atoms. The summed E-state index contributed by atoms with van der Waals surface area (Å²) in [4.78, 5) is 34.8. The minimum Gasteiger partial charge on any atom is -0.493 e. The molecule has 136 valence electrons. The SMILES string of the molecule is COC(=O)c1cccc(C(=O)Nc2ccc(OC)c(OCC(N)=O)c2)c1. The number of amides is 2. The van der Waals surface area contributed by atoms with E-state index in [2.05, 4.69) is 10.1 Å². The third-order valence-electron chi connectivity index (χ3n) is 3.34. The van der Waals surface area contributed by atoms with Gasteiger partial charge in [0.05, 0.1) is 19.8 Å². The zero-order valence-electron chi connectivity index (χ0n) is 14.3. The van der Waals surface area contributed by atoms with E-state index < -0.39 is 17.8 Å². The third-order valence-corrected chi connectivity index (χ3v) is 3.34. The second kappa shape index (κ2) is 8.52. The van der Waals surface area contributed by atoms with Crippen LogP contribution in [0.3, 0.4) is 0 Å². The summed E-state index contributed by atoms with van der Waals surface area (Å²) in [5.41, 5.74) is 6.02. The highest BCUT2D eigenvalue weighted by Gasteiger charge is 2.13. The fourth-order valence-electron chi connectivity index (χ4n) is 2.12. The summed E-state index contributed by atoms with van der Waals surface area (Å²) in [6.45, 7) is -0.324. The van der Waals surface area contributed by atoms with E-state index >= 15 is 0 Å². The number of ether oxygens (including phenoxy) is 3. The standard InChI is InChI=1S/C18H18N2O6/c1-24-14-7-6-13(9-15(14)26-10-16(19)21)20-17(22)11-4-3-5-12(8-11)18(23)25-2/h3-9H,10H2,1-2H3,(H2,19,21)(H,20,22). The van der Waals surface area contributed by atoms with Gasteiger partial charge in [0.15, 0.2) is 18.1 Å². The molecule has 3 N–H and O–H groups in total. The van der Waals surface area contributed by atoms with Crippen molar-refractivity contribution in [1.29, 1.82) is 0 Å². The van der Waals surface area contributed by atoms with Gasteiger partial charge in [-0.2, -0.15) is 0 Å². The van der Waals surface area contributed by atoms with Gasteiger partial charge in [-0.25, -0.2) is 4.79 Å². The van der Waals surface area contributed by atoms with Crippen LogP contribution in [0.5, 0.6) is 11.5 Å². The first kappa shape index (κ1) is 18.8. The smallest absolute Gasteiger partial charge is 0.337 e. The van der Waals surface area contributed by atoms with Crippen LogP contribution in [0.4, 0.5) is 5.69 Å². The topological polar surface area (TPSA) is 117 Å². The molecule has 0 spiro atoms. The fraction of sp³-hybridized carbons (Fsp3) is 0.167. The summed E-state index contributed by atoms with van der Waals surface area (Å²) in [6.07, 6.45) is 0. The van der Waals surface area contributed by atoms with Crippen LogP contribution < -0.4 is 20.5 Å². The molecule has 0 aliphatic rings. The van der Waals surface area contributed by atoms with Crippen molar-refractivity contribution in [1.82, 2.24) is 0 Å². The molecule has 0 aliphatic carbocycles. The first-order valence-corrected chi connectivity index (χ1v) is 7.53. The van der Waals surface area contributed by atoms with E-state index in [9.17, 15) is 14.4 Å². The maximum Gasteiger partial charge on any atom is 0.337 e. The van der Waals surface area contributed by atoms with Crippen molar-refractivity contribution in [3.8, 4) is 11.5 Å². The molecular weight excluding hydrogens is 340 g/mol. The van der Waals surface area contributed by atoms with Gasteiger partial charge in [-0.15, -0.1) is 0 Å². The van der Waals surface area contributed by atoms with E-state index in [4.69, 9.17) is 15.2 Å². The number of benzene rings is 2. The first-order valence-electron chi connectivity index (χ1n) is 7.53. The van der Waals surface area contributed by atoms with Gasteiger partial charge in [-0.3, -0.25) is 9.59 Å². The number of hydrogen-bond acceptors (Lipinski definition) is 6. The van der Waals surface area contributed by atoms with Crippen molar-refractivity contribution >= 4 is 23.5 Å². The van der Waals surface area contributed by atoms with E-state index in [1.807, 2.05) is 0 Å². The fourth-order valence-corrected chi connectivity index (χ4v) is 2.12. The van der Waals surface area contributed by atoms with E-state index in [1.54, 1.807) is 30.3 Å². The summed E-state index contributed by atoms with van der Waals surface area (Å²) >= 11 is 0. The highest BCUT2D eigenvalue weighted by atomic mass is 16.5. The molecule has 2 rings (SSSR count). The Kier molecular flexibility index (Phi) is 6.15. The van der Waals surface area contributed by atoms with Gasteiger partial charge in [0.1, 0.15) is 0 Å². The van der Waals surface area contributed by atoms with E-state index in [0.717, 1.165) is 0 Å². The monoisotopic (exact) mass is 358 g/mol. The Balaban J connectivity index is 2.19. The number of carbonyl (C=O) groups is 3. The number of hydrogen-bond donors (Lipinski definition) is 2. The van der Waals surface area contributed by atoms with E-state index in [0.29, 0.717) is 11.4 Å². The number of esters is 1. The molecule has 8 nitrogen and oxygen atoms in total. The molecule has 0 saturated heterocycles. The first-order chi connectivity index (χ1) is 12.4. The Morgan fingerprint density at radius 3 is 2.38 bits per heavy atom. The van der Waals surface area contributed by atoms with Gasteiger partial charge in [0.2, 0.25) is 0 Å². The number of rotatable bonds is 7. The second-order valence-corrected chi connectivity index (χ2v) is 5.15. The molecule has 0 saturated carbocycles. The van der Waals surface area contributed by atoms with Gasteiger partial charge < -0.3 is 25.3 Å². The van der Waals surface area contributed by atoms with Gasteiger partial charge in [-0.1, -0.05) is 6.07 Å². The average molecular weight is 358 g/mol. The van der Waals surface area contributed by atoms with Crippen LogP contribution in [0.15, 0.2) is 42.5 Å². The van der Waals surface area contributed by atoms with Crippen LogP contribution in [0, 0.1) is 0 Å². The maximum absolute atomic E-state index is 12.4. The molecule has 0 unspecified atom stereocenters. The zero-order chi connectivity index (χ0) is 19.1. The van der Waals surface area contributed by atoms with Crippen molar-refractivity contribution in [3.63, 3.8) is 0 Å². The van der Waals surface area contributed by atoms with Crippen LogP contribution in [0.2, 0.25) is 0 Å². The lowest BCUT2D eigenvalue weighted by molar-refractivity contribution is -0.119. The van der Waals surface area contributed by atoms with Crippen molar-refractivity contribution in [2.24, 2.45) is 5.73 Å². The van der Waals surface area contributed by atoms with E-state index in [-0.39, 0.29) is 23.5 Å². The number of carbonyl (C=O) groups excluding carboxylic acids is 3. The molecule has 2 amide bonds. The van der Waals surface area contributed by atoms with Crippen molar-refractivity contribution in [2.45, 2.75) is 0 Å². The normalized spacial score (nSPS) is 9.92. The summed E-state index contributed by atoms with van der Waals surface area (Å²) in [6, 6.07) is 10.8. The molecule has 26 heavy (non-hydrogen) atoms. The number of anilines is 1. The molecule has 2 aromatic carbocycles. The van der Waals surface area contributed by atoms with Gasteiger partial charge in [0.25, 0.3) is 11.8 Å². The summed E-state index contributed by atoms with van der Waals surface area (Å²) < 4.78 is 15.0. The molecule has 2 aromatic rings. The van der Waals surface area contributed by atoms with Crippen molar-refractivity contribution < 1.29 is 28.6 Å².